The number of carbonyl (C=O) groups is 1. The normalized spacial score (nSPS) is 12.5. The fraction of sp³-hybridized carbons (Fsp3) is 0.174. The highest BCUT2D eigenvalue weighted by Gasteiger charge is 2.31. The summed E-state index contributed by atoms with van der Waals surface area (Å²) < 4.78 is 26.7. The van der Waals surface area contributed by atoms with Crippen LogP contribution in [0.2, 0.25) is 5.02 Å². The van der Waals surface area contributed by atoms with Gasteiger partial charge in [0.1, 0.15) is 0 Å². The molecule has 0 aliphatic heterocycles. The minimum atomic E-state index is -3.76. The van der Waals surface area contributed by atoms with Gasteiger partial charge in [0.25, 0.3) is 0 Å². The number of hydrogen-bond donors (Lipinski definition) is 0. The Morgan fingerprint density at radius 1 is 0.821 bits per heavy atom. The summed E-state index contributed by atoms with van der Waals surface area (Å²) in [6.45, 7) is 3.83. The molecule has 0 heterocycles. The number of sulfone groups is 1. The van der Waals surface area contributed by atoms with Crippen LogP contribution in [0.15, 0.2) is 77.7 Å². The molecule has 1 atom stereocenters. The third-order valence-corrected chi connectivity index (χ3v) is 7.08. The lowest BCUT2D eigenvalue weighted by Gasteiger charge is -2.18. The van der Waals surface area contributed by atoms with E-state index in [-0.39, 0.29) is 17.1 Å². The number of carbonyl (C=O) groups excluding carboxylic acids is 1. The molecule has 3 nitrogen and oxygen atoms in total. The Balaban J connectivity index is 2.02. The van der Waals surface area contributed by atoms with Crippen molar-refractivity contribution in [3.63, 3.8) is 0 Å². The van der Waals surface area contributed by atoms with Gasteiger partial charge in [0.05, 0.1) is 10.1 Å². The zero-order valence-corrected chi connectivity index (χ0v) is 17.3. The van der Waals surface area contributed by atoms with Crippen molar-refractivity contribution in [1.82, 2.24) is 0 Å². The van der Waals surface area contributed by atoms with Crippen LogP contribution in [0, 0.1) is 13.8 Å². The smallest absolute Gasteiger partial charge is 0.185 e. The maximum absolute atomic E-state index is 13.4. The van der Waals surface area contributed by atoms with E-state index in [0.29, 0.717) is 16.1 Å². The van der Waals surface area contributed by atoms with Gasteiger partial charge in [-0.25, -0.2) is 8.42 Å². The molecule has 0 N–H and O–H groups in total. The molecule has 0 saturated heterocycles. The Kier molecular flexibility index (Phi) is 6.01. The standard InChI is InChI=1S/C23H21ClO3S/c1-16-3-7-18(8-4-16)22(25)15-23(19-9-11-20(24)12-10-19)28(26,27)21-13-5-17(2)6-14-21/h3-14,23H,15H2,1-2H3/t23-/m1/s1. The summed E-state index contributed by atoms with van der Waals surface area (Å²) in [5.41, 5.74) is 3.06. The first kappa shape index (κ1) is 20.3. The molecule has 0 saturated carbocycles. The molecule has 3 aromatic carbocycles. The number of Topliss-reactive ketones (excluding diaryl/α,β-unsaturated/α-hetero) is 1. The molecular formula is C23H21ClO3S. The lowest BCUT2D eigenvalue weighted by atomic mass is 10.0. The summed E-state index contributed by atoms with van der Waals surface area (Å²) in [4.78, 5) is 13.1. The Bertz CT molecular complexity index is 1070. The molecule has 0 amide bonds. The van der Waals surface area contributed by atoms with Gasteiger partial charge in [0.15, 0.2) is 15.6 Å². The highest BCUT2D eigenvalue weighted by Crippen LogP contribution is 2.33. The van der Waals surface area contributed by atoms with E-state index in [0.717, 1.165) is 11.1 Å². The third kappa shape index (κ3) is 4.51. The van der Waals surface area contributed by atoms with Crippen LogP contribution in [0.4, 0.5) is 0 Å². The van der Waals surface area contributed by atoms with Gasteiger partial charge in [0, 0.05) is 17.0 Å². The quantitative estimate of drug-likeness (QED) is 0.484. The minimum Gasteiger partial charge on any atom is -0.294 e. The third-order valence-electron chi connectivity index (χ3n) is 4.71. The molecule has 3 aromatic rings. The highest BCUT2D eigenvalue weighted by molar-refractivity contribution is 7.91. The second kappa shape index (κ2) is 8.29. The second-order valence-electron chi connectivity index (χ2n) is 6.89. The van der Waals surface area contributed by atoms with E-state index in [1.54, 1.807) is 60.7 Å². The summed E-state index contributed by atoms with van der Waals surface area (Å²) in [7, 11) is -3.76. The monoisotopic (exact) mass is 412 g/mol. The van der Waals surface area contributed by atoms with Crippen molar-refractivity contribution in [2.45, 2.75) is 30.4 Å². The van der Waals surface area contributed by atoms with Gasteiger partial charge < -0.3 is 0 Å². The topological polar surface area (TPSA) is 51.2 Å². The van der Waals surface area contributed by atoms with Gasteiger partial charge in [0.2, 0.25) is 0 Å². The van der Waals surface area contributed by atoms with Crippen molar-refractivity contribution >= 4 is 27.2 Å². The maximum atomic E-state index is 13.4. The van der Waals surface area contributed by atoms with Gasteiger partial charge >= 0.3 is 0 Å². The van der Waals surface area contributed by atoms with Gasteiger partial charge in [-0.1, -0.05) is 71.3 Å². The average Bonchev–Trinajstić information content (AvgIpc) is 2.67. The van der Waals surface area contributed by atoms with E-state index in [1.807, 2.05) is 26.0 Å². The fourth-order valence-corrected chi connectivity index (χ4v) is 4.86. The first-order chi connectivity index (χ1) is 13.3. The summed E-state index contributed by atoms with van der Waals surface area (Å²) in [6.07, 6.45) is -0.138. The SMILES string of the molecule is Cc1ccc(C(=O)C[C@H](c2ccc(Cl)cc2)S(=O)(=O)c2ccc(C)cc2)cc1. The number of hydrogen-bond acceptors (Lipinski definition) is 3. The van der Waals surface area contributed by atoms with Crippen molar-refractivity contribution in [2.24, 2.45) is 0 Å². The molecule has 0 spiro atoms. The molecule has 5 heteroatoms. The van der Waals surface area contributed by atoms with Gasteiger partial charge in [-0.3, -0.25) is 4.79 Å². The van der Waals surface area contributed by atoms with Crippen molar-refractivity contribution in [3.05, 3.63) is 100 Å². The van der Waals surface area contributed by atoms with E-state index >= 15 is 0 Å². The lowest BCUT2D eigenvalue weighted by molar-refractivity contribution is 0.0980. The molecule has 0 aromatic heterocycles. The van der Waals surface area contributed by atoms with Crippen molar-refractivity contribution in [3.8, 4) is 0 Å². The second-order valence-corrected chi connectivity index (χ2v) is 9.46. The Morgan fingerprint density at radius 2 is 1.32 bits per heavy atom. The molecule has 0 fully saturated rings. The molecule has 0 radical (unpaired) electrons. The molecule has 28 heavy (non-hydrogen) atoms. The predicted molar refractivity (Wildman–Crippen MR) is 113 cm³/mol. The van der Waals surface area contributed by atoms with Gasteiger partial charge in [-0.15, -0.1) is 0 Å². The molecular weight excluding hydrogens is 392 g/mol. The predicted octanol–water partition coefficient (Wildman–Crippen LogP) is 5.74. The molecule has 0 bridgehead atoms. The summed E-state index contributed by atoms with van der Waals surface area (Å²) in [5, 5.41) is -0.471. The van der Waals surface area contributed by atoms with E-state index in [2.05, 4.69) is 0 Å². The van der Waals surface area contributed by atoms with Crippen LogP contribution in [0.5, 0.6) is 0 Å². The number of ketones is 1. The van der Waals surface area contributed by atoms with Gasteiger partial charge in [-0.05, 0) is 43.7 Å². The number of halogens is 1. The molecule has 144 valence electrons. The molecule has 0 unspecified atom stereocenters. The zero-order chi connectivity index (χ0) is 20.3. The molecule has 0 aliphatic carbocycles. The van der Waals surface area contributed by atoms with E-state index in [4.69, 9.17) is 11.6 Å². The number of rotatable bonds is 6. The first-order valence-corrected chi connectivity index (χ1v) is 10.9. The van der Waals surface area contributed by atoms with Crippen molar-refractivity contribution < 1.29 is 13.2 Å². The van der Waals surface area contributed by atoms with Crippen LogP contribution in [0.25, 0.3) is 0 Å². The zero-order valence-electron chi connectivity index (χ0n) is 15.7. The summed E-state index contributed by atoms with van der Waals surface area (Å²) in [6, 6.07) is 20.5. The van der Waals surface area contributed by atoms with Crippen LogP contribution < -0.4 is 0 Å². The molecule has 0 aliphatic rings. The average molecular weight is 413 g/mol. The number of benzene rings is 3. The minimum absolute atomic E-state index is 0.138. The van der Waals surface area contributed by atoms with E-state index < -0.39 is 15.1 Å². The summed E-state index contributed by atoms with van der Waals surface area (Å²) >= 11 is 5.97. The molecule has 3 rings (SSSR count). The van der Waals surface area contributed by atoms with Crippen LogP contribution in [-0.2, 0) is 9.84 Å². The Hall–Kier alpha value is -2.43. The van der Waals surface area contributed by atoms with Crippen LogP contribution in [0.3, 0.4) is 0 Å². The van der Waals surface area contributed by atoms with Crippen LogP contribution >= 0.6 is 11.6 Å². The van der Waals surface area contributed by atoms with Crippen LogP contribution in [0.1, 0.15) is 38.7 Å². The number of aryl methyl sites for hydroxylation is 2. The largest absolute Gasteiger partial charge is 0.294 e. The van der Waals surface area contributed by atoms with E-state index in [1.165, 1.54) is 0 Å². The Labute approximate surface area is 170 Å². The first-order valence-electron chi connectivity index (χ1n) is 8.93. The Morgan fingerprint density at radius 3 is 1.86 bits per heavy atom. The van der Waals surface area contributed by atoms with Gasteiger partial charge in [-0.2, -0.15) is 0 Å². The lowest BCUT2D eigenvalue weighted by Crippen LogP contribution is -2.18. The van der Waals surface area contributed by atoms with Crippen molar-refractivity contribution in [2.75, 3.05) is 0 Å². The fourth-order valence-electron chi connectivity index (χ4n) is 3.00. The van der Waals surface area contributed by atoms with Crippen molar-refractivity contribution in [1.29, 1.82) is 0 Å². The summed E-state index contributed by atoms with van der Waals surface area (Å²) in [5.74, 6) is -0.212. The highest BCUT2D eigenvalue weighted by atomic mass is 35.5. The van der Waals surface area contributed by atoms with E-state index in [9.17, 15) is 13.2 Å². The van der Waals surface area contributed by atoms with Crippen LogP contribution in [-0.4, -0.2) is 14.2 Å². The maximum Gasteiger partial charge on any atom is 0.185 e.